The number of hydrogen-bond acceptors (Lipinski definition) is 6. The second-order valence-corrected chi connectivity index (χ2v) is 7.87. The highest BCUT2D eigenvalue weighted by Gasteiger charge is 2.25. The van der Waals surface area contributed by atoms with Crippen LogP contribution in [0, 0.1) is 5.41 Å². The van der Waals surface area contributed by atoms with Crippen molar-refractivity contribution in [3.8, 4) is 0 Å². The zero-order valence-corrected chi connectivity index (χ0v) is 18.5. The summed E-state index contributed by atoms with van der Waals surface area (Å²) in [6.45, 7) is 1.98. The van der Waals surface area contributed by atoms with Crippen molar-refractivity contribution in [1.82, 2.24) is 19.7 Å². The van der Waals surface area contributed by atoms with Crippen molar-refractivity contribution in [2.75, 3.05) is 29.7 Å². The van der Waals surface area contributed by atoms with Gasteiger partial charge in [-0.2, -0.15) is 5.10 Å². The van der Waals surface area contributed by atoms with Crippen molar-refractivity contribution in [2.45, 2.75) is 37.6 Å². The Hall–Kier alpha value is -2.93. The molecule has 0 unspecified atom stereocenters. The number of nitrogens with one attached hydrogen (secondary N) is 2. The Labute approximate surface area is 188 Å². The molecular formula is C23H28ClN7. The number of benzene rings is 1. The Morgan fingerprint density at radius 2 is 1.90 bits per heavy atom. The van der Waals surface area contributed by atoms with Crippen LogP contribution in [-0.2, 0) is 0 Å². The lowest BCUT2D eigenvalue weighted by Gasteiger charge is -2.33. The molecule has 7 nitrogen and oxygen atoms in total. The molecular weight excluding hydrogens is 410 g/mol. The maximum absolute atomic E-state index is 7.76. The fourth-order valence-electron chi connectivity index (χ4n) is 4.03. The quantitative estimate of drug-likeness (QED) is 0.419. The molecule has 3 aromatic rings. The van der Waals surface area contributed by atoms with E-state index in [2.05, 4.69) is 55.2 Å². The van der Waals surface area contributed by atoms with Gasteiger partial charge in [0.25, 0.3) is 0 Å². The monoisotopic (exact) mass is 437 g/mol. The Bertz CT molecular complexity index is 992. The van der Waals surface area contributed by atoms with Crippen molar-refractivity contribution in [1.29, 1.82) is 5.41 Å². The van der Waals surface area contributed by atoms with E-state index in [1.54, 1.807) is 12.4 Å². The standard InChI is InChI=1S/C22H25N7.CH3Cl/c23-12-17-1-2-20(11-21(17)27-18-13-26-29(15-18)19-3-4-19)28-9-5-16(6-10-28)22-14-24-7-8-25-22;1-2/h1-2,7-8,11-16,19,23,27H,3-6,9-10H2;1H3. The lowest BCUT2D eigenvalue weighted by Crippen LogP contribution is -2.33. The number of halogens is 1. The van der Waals surface area contributed by atoms with Gasteiger partial charge in [0.15, 0.2) is 0 Å². The first-order valence-corrected chi connectivity index (χ1v) is 11.4. The summed E-state index contributed by atoms with van der Waals surface area (Å²) in [5.41, 5.74) is 5.08. The first kappa shape index (κ1) is 21.3. The van der Waals surface area contributed by atoms with Gasteiger partial charge in [0.2, 0.25) is 0 Å². The van der Waals surface area contributed by atoms with Crippen molar-refractivity contribution in [3.05, 3.63) is 60.4 Å². The molecule has 2 aliphatic rings. The van der Waals surface area contributed by atoms with Crippen LogP contribution < -0.4 is 10.2 Å². The van der Waals surface area contributed by atoms with Crippen LogP contribution in [-0.4, -0.2) is 45.4 Å². The number of alkyl halides is 1. The highest BCUT2D eigenvalue weighted by molar-refractivity contribution is 6.15. The molecule has 0 amide bonds. The van der Waals surface area contributed by atoms with Crippen molar-refractivity contribution in [3.63, 3.8) is 0 Å². The minimum Gasteiger partial charge on any atom is -0.371 e. The Morgan fingerprint density at radius 1 is 1.10 bits per heavy atom. The predicted molar refractivity (Wildman–Crippen MR) is 126 cm³/mol. The van der Waals surface area contributed by atoms with Gasteiger partial charge < -0.3 is 15.6 Å². The highest BCUT2D eigenvalue weighted by atomic mass is 35.5. The lowest BCUT2D eigenvalue weighted by molar-refractivity contribution is 0.495. The lowest BCUT2D eigenvalue weighted by atomic mass is 9.93. The summed E-state index contributed by atoms with van der Waals surface area (Å²) in [6, 6.07) is 6.85. The fraction of sp³-hybridized carbons (Fsp3) is 0.391. The molecule has 8 heteroatoms. The maximum Gasteiger partial charge on any atom is 0.0770 e. The average Bonchev–Trinajstić information content (AvgIpc) is 3.60. The Kier molecular flexibility index (Phi) is 6.82. The summed E-state index contributed by atoms with van der Waals surface area (Å²) < 4.78 is 2.04. The van der Waals surface area contributed by atoms with Gasteiger partial charge in [0.1, 0.15) is 0 Å². The van der Waals surface area contributed by atoms with Crippen LogP contribution in [0.2, 0.25) is 0 Å². The predicted octanol–water partition coefficient (Wildman–Crippen LogP) is 4.99. The minimum atomic E-state index is 0.478. The number of piperidine rings is 1. The third kappa shape index (κ3) is 5.05. The molecule has 1 aromatic carbocycles. The summed E-state index contributed by atoms with van der Waals surface area (Å²) in [7, 11) is 0. The highest BCUT2D eigenvalue weighted by Crippen LogP contribution is 2.35. The number of anilines is 3. The fourth-order valence-corrected chi connectivity index (χ4v) is 4.03. The number of aromatic nitrogens is 4. The number of nitrogens with zero attached hydrogens (tertiary/aromatic N) is 5. The molecule has 2 aromatic heterocycles. The van der Waals surface area contributed by atoms with Crippen LogP contribution in [0.25, 0.3) is 0 Å². The van der Waals surface area contributed by atoms with Gasteiger partial charge in [-0.25, -0.2) is 0 Å². The normalized spacial score (nSPS) is 16.4. The second-order valence-electron chi connectivity index (χ2n) is 7.87. The Balaban J connectivity index is 0.00000112. The van der Waals surface area contributed by atoms with Crippen molar-refractivity contribution < 1.29 is 0 Å². The van der Waals surface area contributed by atoms with E-state index in [4.69, 9.17) is 5.41 Å². The summed E-state index contributed by atoms with van der Waals surface area (Å²) in [5.74, 6) is 0.478. The molecule has 1 aliphatic carbocycles. The minimum absolute atomic E-state index is 0.478. The molecule has 1 saturated heterocycles. The van der Waals surface area contributed by atoms with E-state index in [9.17, 15) is 0 Å². The molecule has 2 fully saturated rings. The molecule has 1 saturated carbocycles. The van der Waals surface area contributed by atoms with E-state index in [1.807, 2.05) is 23.1 Å². The molecule has 162 valence electrons. The van der Waals surface area contributed by atoms with Gasteiger partial charge in [0.05, 0.1) is 23.6 Å². The van der Waals surface area contributed by atoms with Crippen LogP contribution in [0.5, 0.6) is 0 Å². The summed E-state index contributed by atoms with van der Waals surface area (Å²) in [4.78, 5) is 11.1. The third-order valence-electron chi connectivity index (χ3n) is 5.86. The SMILES string of the molecule is CCl.N=Cc1ccc(N2CCC(c3cnccn3)CC2)cc1Nc1cnn(C2CC2)c1. The zero-order valence-electron chi connectivity index (χ0n) is 17.7. The number of hydrogen-bond donors (Lipinski definition) is 2. The molecule has 0 radical (unpaired) electrons. The van der Waals surface area contributed by atoms with Crippen LogP contribution >= 0.6 is 11.6 Å². The van der Waals surface area contributed by atoms with Crippen LogP contribution in [0.15, 0.2) is 49.2 Å². The molecule has 0 atom stereocenters. The molecule has 31 heavy (non-hydrogen) atoms. The molecule has 3 heterocycles. The van der Waals surface area contributed by atoms with Crippen LogP contribution in [0.3, 0.4) is 0 Å². The van der Waals surface area contributed by atoms with E-state index >= 15 is 0 Å². The van der Waals surface area contributed by atoms with Gasteiger partial charge in [-0.15, -0.1) is 11.6 Å². The molecule has 5 rings (SSSR count). The van der Waals surface area contributed by atoms with Crippen LogP contribution in [0.1, 0.15) is 48.9 Å². The summed E-state index contributed by atoms with van der Waals surface area (Å²) in [6.07, 6.45) is 16.8. The van der Waals surface area contributed by atoms with Gasteiger partial charge in [0, 0.05) is 73.3 Å². The Morgan fingerprint density at radius 3 is 2.58 bits per heavy atom. The molecule has 0 bridgehead atoms. The van der Waals surface area contributed by atoms with Gasteiger partial charge in [-0.1, -0.05) is 0 Å². The molecule has 1 aliphatic heterocycles. The van der Waals surface area contributed by atoms with Gasteiger partial charge in [-0.05, 0) is 43.9 Å². The molecule has 2 N–H and O–H groups in total. The largest absolute Gasteiger partial charge is 0.371 e. The zero-order chi connectivity index (χ0) is 21.6. The van der Waals surface area contributed by atoms with E-state index < -0.39 is 0 Å². The first-order chi connectivity index (χ1) is 15.3. The van der Waals surface area contributed by atoms with E-state index in [-0.39, 0.29) is 0 Å². The van der Waals surface area contributed by atoms with Crippen LogP contribution in [0.4, 0.5) is 17.1 Å². The third-order valence-corrected chi connectivity index (χ3v) is 5.86. The second kappa shape index (κ2) is 9.92. The van der Waals surface area contributed by atoms with Gasteiger partial charge in [-0.3, -0.25) is 14.6 Å². The summed E-state index contributed by atoms with van der Waals surface area (Å²) in [5, 5.41) is 15.7. The summed E-state index contributed by atoms with van der Waals surface area (Å²) >= 11 is 4.64. The van der Waals surface area contributed by atoms with E-state index in [1.165, 1.54) is 31.1 Å². The average molecular weight is 438 g/mol. The van der Waals surface area contributed by atoms with Gasteiger partial charge >= 0.3 is 0 Å². The molecule has 0 spiro atoms. The van der Waals surface area contributed by atoms with E-state index in [0.29, 0.717) is 12.0 Å². The maximum atomic E-state index is 7.76. The number of rotatable bonds is 6. The smallest absolute Gasteiger partial charge is 0.0770 e. The van der Waals surface area contributed by atoms with E-state index in [0.717, 1.165) is 48.6 Å². The topological polar surface area (TPSA) is 82.7 Å². The van der Waals surface area contributed by atoms with Crippen molar-refractivity contribution in [2.24, 2.45) is 0 Å². The first-order valence-electron chi connectivity index (χ1n) is 10.6. The van der Waals surface area contributed by atoms with Crippen molar-refractivity contribution >= 4 is 34.9 Å².